The topological polar surface area (TPSA) is 127 Å². The molecule has 0 aliphatic heterocycles. The summed E-state index contributed by atoms with van der Waals surface area (Å²) in [7, 11) is -2.72. The van der Waals surface area contributed by atoms with Crippen LogP contribution in [0.2, 0.25) is 0 Å². The SMILES string of the molecule is COC(=O)C(C)S(=O)(=O)NC(C)c1nn[nH]n1. The van der Waals surface area contributed by atoms with Crippen molar-refractivity contribution in [1.82, 2.24) is 25.3 Å². The third-order valence-corrected chi connectivity index (χ3v) is 3.89. The number of hydrogen-bond donors (Lipinski definition) is 2. The van der Waals surface area contributed by atoms with E-state index in [2.05, 4.69) is 30.1 Å². The lowest BCUT2D eigenvalue weighted by Crippen LogP contribution is -2.39. The molecule has 0 fully saturated rings. The molecular weight excluding hydrogens is 250 g/mol. The highest BCUT2D eigenvalue weighted by atomic mass is 32.2. The molecule has 9 nitrogen and oxygen atoms in total. The molecule has 96 valence electrons. The maximum Gasteiger partial charge on any atom is 0.325 e. The Hall–Kier alpha value is -1.55. The number of tetrazole rings is 1. The minimum absolute atomic E-state index is 0.186. The normalized spacial score (nSPS) is 15.2. The van der Waals surface area contributed by atoms with E-state index in [1.54, 1.807) is 0 Å². The van der Waals surface area contributed by atoms with Crippen LogP contribution in [0.1, 0.15) is 25.7 Å². The van der Waals surface area contributed by atoms with Crippen LogP contribution in [0.25, 0.3) is 0 Å². The number of H-pyrrole nitrogens is 1. The molecule has 17 heavy (non-hydrogen) atoms. The molecule has 1 aromatic heterocycles. The highest BCUT2D eigenvalue weighted by Crippen LogP contribution is 2.09. The number of aromatic nitrogens is 4. The lowest BCUT2D eigenvalue weighted by Gasteiger charge is -2.14. The number of esters is 1. The highest BCUT2D eigenvalue weighted by molar-refractivity contribution is 7.90. The zero-order valence-corrected chi connectivity index (χ0v) is 10.4. The van der Waals surface area contributed by atoms with Gasteiger partial charge in [0.1, 0.15) is 0 Å². The first-order valence-corrected chi connectivity index (χ1v) is 6.25. The van der Waals surface area contributed by atoms with E-state index in [1.807, 2.05) is 0 Å². The van der Waals surface area contributed by atoms with Gasteiger partial charge in [0.15, 0.2) is 11.1 Å². The number of carbonyl (C=O) groups excluding carboxylic acids is 1. The summed E-state index contributed by atoms with van der Waals surface area (Å²) in [5, 5.41) is 11.5. The molecule has 0 spiro atoms. The Balaban J connectivity index is 2.77. The Morgan fingerprint density at radius 1 is 1.47 bits per heavy atom. The summed E-state index contributed by atoms with van der Waals surface area (Å²) in [6.07, 6.45) is 0. The average Bonchev–Trinajstić information content (AvgIpc) is 2.79. The smallest absolute Gasteiger partial charge is 0.325 e. The standard InChI is InChI=1S/C7H13N5O4S/c1-4(6-8-11-12-9-6)10-17(14,15)5(2)7(13)16-3/h4-5,10H,1-3H3,(H,8,9,11,12). The molecule has 0 radical (unpaired) electrons. The second kappa shape index (κ2) is 5.19. The van der Waals surface area contributed by atoms with Crippen molar-refractivity contribution in [2.45, 2.75) is 25.1 Å². The minimum atomic E-state index is -3.84. The number of nitrogens with zero attached hydrogens (tertiary/aromatic N) is 3. The van der Waals surface area contributed by atoms with E-state index in [1.165, 1.54) is 13.8 Å². The third-order valence-electron chi connectivity index (χ3n) is 2.09. The molecule has 1 aromatic rings. The molecule has 2 atom stereocenters. The minimum Gasteiger partial charge on any atom is -0.468 e. The van der Waals surface area contributed by atoms with Crippen molar-refractivity contribution in [3.05, 3.63) is 5.82 Å². The maximum atomic E-state index is 11.7. The molecule has 0 aliphatic carbocycles. The molecule has 0 saturated carbocycles. The fourth-order valence-corrected chi connectivity index (χ4v) is 2.20. The van der Waals surface area contributed by atoms with Gasteiger partial charge in [-0.25, -0.2) is 13.1 Å². The van der Waals surface area contributed by atoms with Crippen molar-refractivity contribution >= 4 is 16.0 Å². The van der Waals surface area contributed by atoms with Gasteiger partial charge in [0, 0.05) is 0 Å². The fraction of sp³-hybridized carbons (Fsp3) is 0.714. The summed E-state index contributed by atoms with van der Waals surface area (Å²) < 4.78 is 30.1. The third kappa shape index (κ3) is 3.20. The van der Waals surface area contributed by atoms with Gasteiger partial charge in [-0.3, -0.25) is 4.79 Å². The Morgan fingerprint density at radius 2 is 2.12 bits per heavy atom. The number of methoxy groups -OCH3 is 1. The van der Waals surface area contributed by atoms with E-state index in [0.717, 1.165) is 7.11 Å². The van der Waals surface area contributed by atoms with Crippen LogP contribution < -0.4 is 4.72 Å². The second-order valence-corrected chi connectivity index (χ2v) is 5.35. The summed E-state index contributed by atoms with van der Waals surface area (Å²) >= 11 is 0. The van der Waals surface area contributed by atoms with E-state index in [-0.39, 0.29) is 5.82 Å². The van der Waals surface area contributed by atoms with Crippen LogP contribution in [-0.2, 0) is 19.6 Å². The first-order chi connectivity index (χ1) is 7.88. The molecule has 10 heteroatoms. The molecular formula is C7H13N5O4S. The Bertz CT molecular complexity index is 470. The van der Waals surface area contributed by atoms with Crippen molar-refractivity contribution in [3.8, 4) is 0 Å². The van der Waals surface area contributed by atoms with E-state index < -0.39 is 27.3 Å². The van der Waals surface area contributed by atoms with Crippen molar-refractivity contribution in [2.24, 2.45) is 0 Å². The second-order valence-electron chi connectivity index (χ2n) is 3.32. The average molecular weight is 263 g/mol. The van der Waals surface area contributed by atoms with Gasteiger partial charge in [-0.15, -0.1) is 10.2 Å². The maximum absolute atomic E-state index is 11.7. The van der Waals surface area contributed by atoms with E-state index >= 15 is 0 Å². The molecule has 0 amide bonds. The van der Waals surface area contributed by atoms with Crippen LogP contribution in [0, 0.1) is 0 Å². The van der Waals surface area contributed by atoms with Gasteiger partial charge < -0.3 is 4.74 Å². The van der Waals surface area contributed by atoms with Crippen LogP contribution in [-0.4, -0.2) is 47.4 Å². The van der Waals surface area contributed by atoms with E-state index in [0.29, 0.717) is 0 Å². The van der Waals surface area contributed by atoms with Gasteiger partial charge in [-0.1, -0.05) is 5.21 Å². The predicted octanol–water partition coefficient (Wildman–Crippen LogP) is -1.26. The van der Waals surface area contributed by atoms with E-state index in [4.69, 9.17) is 0 Å². The lowest BCUT2D eigenvalue weighted by molar-refractivity contribution is -0.139. The van der Waals surface area contributed by atoms with Gasteiger partial charge in [0.2, 0.25) is 10.0 Å². The van der Waals surface area contributed by atoms with Crippen LogP contribution in [0.5, 0.6) is 0 Å². The summed E-state index contributed by atoms with van der Waals surface area (Å²) in [5.74, 6) is -0.650. The predicted molar refractivity (Wildman–Crippen MR) is 56.1 cm³/mol. The lowest BCUT2D eigenvalue weighted by atomic mass is 10.4. The molecule has 2 unspecified atom stereocenters. The molecule has 0 saturated heterocycles. The number of carbonyl (C=O) groups is 1. The zero-order chi connectivity index (χ0) is 13.1. The highest BCUT2D eigenvalue weighted by Gasteiger charge is 2.31. The number of rotatable bonds is 5. The molecule has 0 bridgehead atoms. The van der Waals surface area contributed by atoms with Gasteiger partial charge >= 0.3 is 5.97 Å². The van der Waals surface area contributed by atoms with Crippen molar-refractivity contribution in [2.75, 3.05) is 7.11 Å². The summed E-state index contributed by atoms with van der Waals surface area (Å²) in [5.41, 5.74) is 0. The number of aromatic amines is 1. The number of hydrogen-bond acceptors (Lipinski definition) is 7. The van der Waals surface area contributed by atoms with Gasteiger partial charge in [0.05, 0.1) is 13.2 Å². The first-order valence-electron chi connectivity index (χ1n) is 4.70. The number of ether oxygens (including phenoxy) is 1. The Kier molecular flexibility index (Phi) is 4.12. The molecule has 1 heterocycles. The largest absolute Gasteiger partial charge is 0.468 e. The molecule has 2 N–H and O–H groups in total. The van der Waals surface area contributed by atoms with Gasteiger partial charge in [0.25, 0.3) is 0 Å². The number of nitrogens with one attached hydrogen (secondary N) is 2. The quantitative estimate of drug-likeness (QED) is 0.635. The fourth-order valence-electron chi connectivity index (χ4n) is 1.05. The van der Waals surface area contributed by atoms with Crippen molar-refractivity contribution in [3.63, 3.8) is 0 Å². The number of sulfonamides is 1. The molecule has 0 aliphatic rings. The van der Waals surface area contributed by atoms with Crippen molar-refractivity contribution < 1.29 is 17.9 Å². The summed E-state index contributed by atoms with van der Waals surface area (Å²) in [6.45, 7) is 2.77. The Morgan fingerprint density at radius 3 is 2.59 bits per heavy atom. The van der Waals surface area contributed by atoms with Crippen molar-refractivity contribution in [1.29, 1.82) is 0 Å². The van der Waals surface area contributed by atoms with E-state index in [9.17, 15) is 13.2 Å². The van der Waals surface area contributed by atoms with Gasteiger partial charge in [-0.05, 0) is 13.8 Å². The Labute approximate surface area is 98.0 Å². The molecule has 0 aromatic carbocycles. The monoisotopic (exact) mass is 263 g/mol. The van der Waals surface area contributed by atoms with Crippen LogP contribution in [0.4, 0.5) is 0 Å². The first kappa shape index (κ1) is 13.5. The summed E-state index contributed by atoms with van der Waals surface area (Å²) in [4.78, 5) is 11.1. The summed E-state index contributed by atoms with van der Waals surface area (Å²) in [6, 6.07) is -0.689. The van der Waals surface area contributed by atoms with Crippen LogP contribution in [0.15, 0.2) is 0 Å². The van der Waals surface area contributed by atoms with Crippen LogP contribution in [0.3, 0.4) is 0 Å². The van der Waals surface area contributed by atoms with Gasteiger partial charge in [-0.2, -0.15) is 5.21 Å². The molecule has 1 rings (SSSR count). The zero-order valence-electron chi connectivity index (χ0n) is 9.54. The van der Waals surface area contributed by atoms with Crippen LogP contribution >= 0.6 is 0 Å².